The van der Waals surface area contributed by atoms with E-state index in [2.05, 4.69) is 27.8 Å². The number of hydrogen-bond donors (Lipinski definition) is 3. The van der Waals surface area contributed by atoms with E-state index in [9.17, 15) is 14.9 Å². The number of anilines is 1. The molecule has 0 spiro atoms. The van der Waals surface area contributed by atoms with Gasteiger partial charge in [-0.3, -0.25) is 0 Å². The molecule has 0 saturated carbocycles. The number of aliphatic hydroxyl groups is 2. The first kappa shape index (κ1) is 20.6. The molecule has 6 nitrogen and oxygen atoms in total. The Morgan fingerprint density at radius 3 is 2.64 bits per heavy atom. The van der Waals surface area contributed by atoms with E-state index in [1.807, 2.05) is 24.3 Å². The highest BCUT2D eigenvalue weighted by molar-refractivity contribution is 7.93. The first-order valence-corrected chi connectivity index (χ1v) is 10.6. The highest BCUT2D eigenvalue weighted by atomic mass is 32.2. The molecule has 7 heteroatoms. The quantitative estimate of drug-likeness (QED) is 0.488. The van der Waals surface area contributed by atoms with Gasteiger partial charge in [0.1, 0.15) is 0 Å². The van der Waals surface area contributed by atoms with Gasteiger partial charge >= 0.3 is 0 Å². The summed E-state index contributed by atoms with van der Waals surface area (Å²) in [6.07, 6.45) is 4.33. The van der Waals surface area contributed by atoms with Crippen LogP contribution in [0, 0.1) is 11.3 Å². The zero-order valence-corrected chi connectivity index (χ0v) is 16.5. The third-order valence-corrected chi connectivity index (χ3v) is 5.88. The van der Waals surface area contributed by atoms with Gasteiger partial charge in [-0.15, -0.1) is 4.72 Å². The number of fused-ring (bicyclic) bond motifs is 1. The molecular formula is C21H25N3O3S. The fourth-order valence-electron chi connectivity index (χ4n) is 3.28. The number of nitrogens with zero attached hydrogens (tertiary/aromatic N) is 2. The smallest absolute Gasteiger partial charge is 0.250 e. The molecule has 1 saturated heterocycles. The van der Waals surface area contributed by atoms with Gasteiger partial charge in [-0.05, 0) is 53.8 Å². The molecule has 0 aromatic heterocycles. The second kappa shape index (κ2) is 9.92. The Balaban J connectivity index is 1.77. The maximum absolute atomic E-state index is 12.2. The zero-order valence-electron chi connectivity index (χ0n) is 15.7. The Labute approximate surface area is 168 Å². The molecule has 0 amide bonds. The average molecular weight is 400 g/mol. The third-order valence-electron chi connectivity index (χ3n) is 4.84. The van der Waals surface area contributed by atoms with E-state index in [-0.39, 0.29) is 11.4 Å². The van der Waals surface area contributed by atoms with Crippen LogP contribution in [0.25, 0.3) is 16.8 Å². The molecule has 1 heterocycles. The summed E-state index contributed by atoms with van der Waals surface area (Å²) in [5.74, 6) is 0. The van der Waals surface area contributed by atoms with Gasteiger partial charge in [0.25, 0.3) is 4.91 Å². The van der Waals surface area contributed by atoms with Gasteiger partial charge in [0.15, 0.2) is 6.07 Å². The molecule has 2 unspecified atom stereocenters. The highest BCUT2D eigenvalue weighted by Crippen LogP contribution is 2.26. The van der Waals surface area contributed by atoms with E-state index in [0.717, 1.165) is 29.4 Å². The summed E-state index contributed by atoms with van der Waals surface area (Å²) < 4.78 is 14.7. The molecule has 28 heavy (non-hydrogen) atoms. The normalized spacial score (nSPS) is 17.4. The first-order valence-electron chi connectivity index (χ1n) is 9.45. The molecule has 1 aliphatic heterocycles. The topological polar surface area (TPSA) is 103 Å². The van der Waals surface area contributed by atoms with Gasteiger partial charge < -0.3 is 19.7 Å². The van der Waals surface area contributed by atoms with E-state index in [4.69, 9.17) is 5.11 Å². The van der Waals surface area contributed by atoms with Crippen molar-refractivity contribution in [3.05, 3.63) is 46.9 Å². The van der Waals surface area contributed by atoms with E-state index < -0.39 is 24.1 Å². The first-order chi connectivity index (χ1) is 13.6. The molecule has 1 aliphatic rings. The van der Waals surface area contributed by atoms with Crippen molar-refractivity contribution in [1.29, 1.82) is 5.26 Å². The van der Waals surface area contributed by atoms with Crippen LogP contribution in [-0.2, 0) is 11.4 Å². The average Bonchev–Trinajstić information content (AvgIpc) is 2.75. The number of nitrogens with one attached hydrogen (secondary N) is 1. The van der Waals surface area contributed by atoms with Crippen LogP contribution < -0.4 is 9.62 Å². The molecule has 2 atom stereocenters. The maximum atomic E-state index is 12.2. The van der Waals surface area contributed by atoms with Crippen LogP contribution in [-0.4, -0.2) is 47.1 Å². The highest BCUT2D eigenvalue weighted by Gasteiger charge is 2.17. The second-order valence-electron chi connectivity index (χ2n) is 6.91. The number of nitriles is 1. The number of allylic oxidation sites excluding steroid dienone is 1. The molecule has 2 aromatic rings. The van der Waals surface area contributed by atoms with Crippen molar-refractivity contribution in [3.8, 4) is 6.07 Å². The number of aliphatic hydroxyl groups excluding tert-OH is 2. The minimum Gasteiger partial charge on any atom is -0.592 e. The van der Waals surface area contributed by atoms with Crippen molar-refractivity contribution in [2.75, 3.05) is 31.1 Å². The van der Waals surface area contributed by atoms with Crippen LogP contribution >= 0.6 is 0 Å². The van der Waals surface area contributed by atoms with Crippen molar-refractivity contribution >= 4 is 33.9 Å². The maximum Gasteiger partial charge on any atom is 0.250 e. The standard InChI is InChI=1S/C21H25N3O3S/c22-13-21(28(27)23-14-20(26)15-25)11-16-4-5-18-12-19(7-6-17(18)10-16)24-8-2-1-3-9-24/h4-7,10-12,20,23,25-26H,1-3,8-9,14-15H2/b21-11+. The van der Waals surface area contributed by atoms with Crippen molar-refractivity contribution in [3.63, 3.8) is 0 Å². The van der Waals surface area contributed by atoms with E-state index >= 15 is 0 Å². The van der Waals surface area contributed by atoms with Crippen LogP contribution in [0.15, 0.2) is 41.3 Å². The molecule has 148 valence electrons. The lowest BCUT2D eigenvalue weighted by molar-refractivity contribution is 0.0989. The summed E-state index contributed by atoms with van der Waals surface area (Å²) >= 11 is -1.75. The van der Waals surface area contributed by atoms with Crippen LogP contribution in [0.4, 0.5) is 5.69 Å². The fourth-order valence-corrected chi connectivity index (χ4v) is 4.11. The van der Waals surface area contributed by atoms with Gasteiger partial charge in [-0.1, -0.05) is 18.2 Å². The summed E-state index contributed by atoms with van der Waals surface area (Å²) in [5.41, 5.74) is 2.02. The van der Waals surface area contributed by atoms with E-state index in [1.165, 1.54) is 24.9 Å². The van der Waals surface area contributed by atoms with Crippen LogP contribution in [0.5, 0.6) is 0 Å². The fraction of sp³-hybridized carbons (Fsp3) is 0.381. The summed E-state index contributed by atoms with van der Waals surface area (Å²) in [4.78, 5) is 2.48. The monoisotopic (exact) mass is 399 g/mol. The number of rotatable bonds is 7. The van der Waals surface area contributed by atoms with Crippen molar-refractivity contribution in [1.82, 2.24) is 4.72 Å². The lowest BCUT2D eigenvalue weighted by atomic mass is 10.0. The third kappa shape index (κ3) is 5.25. The van der Waals surface area contributed by atoms with Crippen LogP contribution in [0.1, 0.15) is 24.8 Å². The molecule has 3 N–H and O–H groups in total. The minimum atomic E-state index is -1.75. The number of benzene rings is 2. The van der Waals surface area contributed by atoms with Gasteiger partial charge in [0.2, 0.25) is 0 Å². The lowest BCUT2D eigenvalue weighted by Crippen LogP contribution is -2.34. The SMILES string of the molecule is N#C/C(=C\c1ccc2cc(N3CCCCC3)ccc2c1)[S+]([O-])NCC(O)CO. The molecule has 0 aliphatic carbocycles. The Morgan fingerprint density at radius 2 is 1.93 bits per heavy atom. The largest absolute Gasteiger partial charge is 0.592 e. The Bertz CT molecular complexity index is 875. The summed E-state index contributed by atoms with van der Waals surface area (Å²) in [7, 11) is 0. The van der Waals surface area contributed by atoms with Crippen molar-refractivity contribution in [2.24, 2.45) is 0 Å². The Hall–Kier alpha value is -2.08. The molecule has 1 fully saturated rings. The molecule has 2 aromatic carbocycles. The van der Waals surface area contributed by atoms with Gasteiger partial charge in [0.05, 0.1) is 30.6 Å². The van der Waals surface area contributed by atoms with E-state index in [0.29, 0.717) is 0 Å². The summed E-state index contributed by atoms with van der Waals surface area (Å²) in [6, 6.07) is 14.2. The molecule has 0 radical (unpaired) electrons. The molecule has 3 rings (SSSR count). The van der Waals surface area contributed by atoms with Crippen molar-refractivity contribution < 1.29 is 14.8 Å². The minimum absolute atomic E-state index is 0.0564. The predicted molar refractivity (Wildman–Crippen MR) is 113 cm³/mol. The predicted octanol–water partition coefficient (Wildman–Crippen LogP) is 2.30. The van der Waals surface area contributed by atoms with Crippen LogP contribution in [0.3, 0.4) is 0 Å². The second-order valence-corrected chi connectivity index (χ2v) is 8.18. The van der Waals surface area contributed by atoms with Gasteiger partial charge in [0, 0.05) is 24.9 Å². The summed E-state index contributed by atoms with van der Waals surface area (Å²) in [5, 5.41) is 29.6. The molecular weight excluding hydrogens is 374 g/mol. The van der Waals surface area contributed by atoms with Gasteiger partial charge in [-0.25, -0.2) is 0 Å². The Morgan fingerprint density at radius 1 is 1.21 bits per heavy atom. The van der Waals surface area contributed by atoms with Gasteiger partial charge in [-0.2, -0.15) is 5.26 Å². The van der Waals surface area contributed by atoms with Crippen LogP contribution in [0.2, 0.25) is 0 Å². The van der Waals surface area contributed by atoms with E-state index in [1.54, 1.807) is 6.08 Å². The van der Waals surface area contributed by atoms with Crippen molar-refractivity contribution in [2.45, 2.75) is 25.4 Å². The molecule has 0 bridgehead atoms. The summed E-state index contributed by atoms with van der Waals surface area (Å²) in [6.45, 7) is 1.71. The number of hydrogen-bond acceptors (Lipinski definition) is 6. The zero-order chi connectivity index (χ0) is 19.9. The Kier molecular flexibility index (Phi) is 7.31. The lowest BCUT2D eigenvalue weighted by Gasteiger charge is -2.29. The number of piperidine rings is 1.